The molecule has 0 radical (unpaired) electrons. The molecule has 5 rings (SSSR count). The zero-order valence-corrected chi connectivity index (χ0v) is 26.0. The number of imidazole rings is 1. The van der Waals surface area contributed by atoms with Crippen LogP contribution in [0.3, 0.4) is 0 Å². The number of carbonyl (C=O) groups is 2. The van der Waals surface area contributed by atoms with Crippen molar-refractivity contribution >= 4 is 23.5 Å². The molecular weight excluding hydrogens is 596 g/mol. The fraction of sp³-hybridized carbons (Fsp3) is 0.548. The summed E-state index contributed by atoms with van der Waals surface area (Å²) < 4.78 is 68.2. The third-order valence-corrected chi connectivity index (χ3v) is 7.99. The molecule has 2 amide bonds. The summed E-state index contributed by atoms with van der Waals surface area (Å²) in [7, 11) is 0. The van der Waals surface area contributed by atoms with Crippen LogP contribution in [0.1, 0.15) is 60.8 Å². The Bertz CT molecular complexity index is 1580. The third kappa shape index (κ3) is 7.15. The number of rotatable bonds is 6. The molecule has 0 unspecified atom stereocenters. The smallest absolute Gasteiger partial charge is 0.416 e. The van der Waals surface area contributed by atoms with Gasteiger partial charge in [0.05, 0.1) is 43.3 Å². The maximum absolute atomic E-state index is 14.4. The van der Waals surface area contributed by atoms with E-state index in [4.69, 9.17) is 19.6 Å². The van der Waals surface area contributed by atoms with Crippen molar-refractivity contribution < 1.29 is 36.6 Å². The molecule has 2 aliphatic heterocycles. The van der Waals surface area contributed by atoms with E-state index in [2.05, 4.69) is 10.2 Å². The minimum Gasteiger partial charge on any atom is -0.444 e. The van der Waals surface area contributed by atoms with Gasteiger partial charge in [0.2, 0.25) is 5.91 Å². The Morgan fingerprint density at radius 3 is 2.51 bits per heavy atom. The molecule has 2 atom stereocenters. The lowest BCUT2D eigenvalue weighted by atomic mass is 9.98. The summed E-state index contributed by atoms with van der Waals surface area (Å²) in [5, 5.41) is 7.61. The highest BCUT2D eigenvalue weighted by Crippen LogP contribution is 2.34. The predicted octanol–water partition coefficient (Wildman–Crippen LogP) is 4.76. The first-order valence-electron chi connectivity index (χ1n) is 14.9. The maximum Gasteiger partial charge on any atom is 0.416 e. The van der Waals surface area contributed by atoms with Gasteiger partial charge >= 0.3 is 12.3 Å². The number of likely N-dealkylation sites (tertiary alicyclic amines) is 1. The van der Waals surface area contributed by atoms with Crippen molar-refractivity contribution in [3.8, 4) is 0 Å². The van der Waals surface area contributed by atoms with E-state index >= 15 is 0 Å². The molecule has 2 saturated heterocycles. The van der Waals surface area contributed by atoms with E-state index in [0.29, 0.717) is 54.7 Å². The third-order valence-electron chi connectivity index (χ3n) is 7.99. The van der Waals surface area contributed by atoms with Crippen LogP contribution in [0.15, 0.2) is 24.3 Å². The van der Waals surface area contributed by atoms with Crippen LogP contribution in [-0.2, 0) is 33.4 Å². The first kappa shape index (κ1) is 32.5. The van der Waals surface area contributed by atoms with Crippen LogP contribution in [-0.4, -0.2) is 82.2 Å². The maximum atomic E-state index is 14.4. The highest BCUT2D eigenvalue weighted by atomic mass is 19.4. The number of benzene rings is 1. The fourth-order valence-corrected chi connectivity index (χ4v) is 5.71. The van der Waals surface area contributed by atoms with Crippen LogP contribution in [0.5, 0.6) is 0 Å². The van der Waals surface area contributed by atoms with Crippen molar-refractivity contribution in [1.29, 1.82) is 0 Å². The van der Waals surface area contributed by atoms with E-state index < -0.39 is 41.6 Å². The molecule has 10 nitrogen and oxygen atoms in total. The average Bonchev–Trinajstić information content (AvgIpc) is 3.52. The number of nitrogens with zero attached hydrogens (tertiary/aromatic N) is 5. The molecule has 2 fully saturated rings. The topological polar surface area (TPSA) is 101 Å². The number of nitrogens with one attached hydrogen (secondary N) is 1. The number of aryl methyl sites for hydroxylation is 1. The molecule has 0 aliphatic carbocycles. The van der Waals surface area contributed by atoms with Crippen LogP contribution in [0, 0.1) is 13.8 Å². The molecule has 0 bridgehead atoms. The van der Waals surface area contributed by atoms with E-state index in [0.717, 1.165) is 16.5 Å². The quantitative estimate of drug-likeness (QED) is 0.391. The summed E-state index contributed by atoms with van der Waals surface area (Å²) in [6.07, 6.45) is -6.83. The first-order chi connectivity index (χ1) is 21.1. The van der Waals surface area contributed by atoms with E-state index in [1.807, 2.05) is 13.0 Å². The molecule has 14 heteroatoms. The monoisotopic (exact) mass is 634 g/mol. The van der Waals surface area contributed by atoms with Gasteiger partial charge in [0.1, 0.15) is 23.6 Å². The molecule has 2 aliphatic rings. The van der Waals surface area contributed by atoms with E-state index in [1.54, 1.807) is 31.4 Å². The first-order valence-corrected chi connectivity index (χ1v) is 14.9. The molecule has 244 valence electrons. The number of alkyl halides is 4. The van der Waals surface area contributed by atoms with Gasteiger partial charge in [-0.2, -0.15) is 13.2 Å². The summed E-state index contributed by atoms with van der Waals surface area (Å²) in [5.74, 6) is 0.0872. The molecule has 0 saturated carbocycles. The summed E-state index contributed by atoms with van der Waals surface area (Å²) in [5.41, 5.74) is 1.15. The van der Waals surface area contributed by atoms with Crippen molar-refractivity contribution in [2.45, 2.75) is 78.0 Å². The van der Waals surface area contributed by atoms with Gasteiger partial charge < -0.3 is 19.7 Å². The second-order valence-electron chi connectivity index (χ2n) is 12.5. The van der Waals surface area contributed by atoms with Crippen LogP contribution >= 0.6 is 0 Å². The Hall–Kier alpha value is -3.94. The molecule has 4 heterocycles. The van der Waals surface area contributed by atoms with Crippen LogP contribution in [0.2, 0.25) is 0 Å². The Kier molecular flexibility index (Phi) is 8.98. The van der Waals surface area contributed by atoms with E-state index in [1.165, 1.54) is 13.0 Å². The standard InChI is InChI=1S/C31H38F4N6O4/c1-18-13-26(39-9-11-44-12-10-39)38-41-24(14-20-7-6-8-22(19(20)2)31(33,34)35)23(37-27(18)41)16-36-28(42)25-15-21(32)17-40(25)29(43)45-30(3,4)5/h6-8,13,21,25H,9-12,14-17H2,1-5H3,(H,36,42)/t21-,25+/m1/s1. The molecule has 1 N–H and O–H groups in total. The SMILES string of the molecule is Cc1c(Cc2c(CNC(=O)[C@@H]3C[C@@H](F)CN3C(=O)OC(C)(C)C)nc3c(C)cc(N4CCOCC4)nn23)cccc1C(F)(F)F. The Morgan fingerprint density at radius 1 is 1.13 bits per heavy atom. The Morgan fingerprint density at radius 2 is 1.84 bits per heavy atom. The van der Waals surface area contributed by atoms with Crippen molar-refractivity contribution in [3.05, 3.63) is 57.9 Å². The number of hydrogen-bond donors (Lipinski definition) is 1. The van der Waals surface area contributed by atoms with E-state index in [9.17, 15) is 27.2 Å². The van der Waals surface area contributed by atoms with Gasteiger partial charge in [-0.05, 0) is 63.4 Å². The highest BCUT2D eigenvalue weighted by Gasteiger charge is 2.42. The van der Waals surface area contributed by atoms with Crippen molar-refractivity contribution in [2.24, 2.45) is 0 Å². The Balaban J connectivity index is 1.49. The van der Waals surface area contributed by atoms with Crippen LogP contribution in [0.25, 0.3) is 5.65 Å². The fourth-order valence-electron chi connectivity index (χ4n) is 5.71. The molecular formula is C31H38F4N6O4. The molecule has 1 aromatic carbocycles. The van der Waals surface area contributed by atoms with Crippen molar-refractivity contribution in [3.63, 3.8) is 0 Å². The van der Waals surface area contributed by atoms with Gasteiger partial charge in [-0.15, -0.1) is 5.10 Å². The number of aromatic nitrogens is 3. The summed E-state index contributed by atoms with van der Waals surface area (Å²) in [6, 6.07) is 4.85. The molecule has 3 aromatic rings. The van der Waals surface area contributed by atoms with Gasteiger partial charge in [0.25, 0.3) is 0 Å². The number of amides is 2. The second kappa shape index (κ2) is 12.5. The molecule has 2 aromatic heterocycles. The lowest BCUT2D eigenvalue weighted by Crippen LogP contribution is -2.47. The van der Waals surface area contributed by atoms with Gasteiger partial charge in [-0.1, -0.05) is 12.1 Å². The number of morpholine rings is 1. The number of carbonyl (C=O) groups excluding carboxylic acids is 2. The van der Waals surface area contributed by atoms with E-state index in [-0.39, 0.29) is 31.5 Å². The summed E-state index contributed by atoms with van der Waals surface area (Å²) >= 11 is 0. The molecule has 0 spiro atoms. The second-order valence-corrected chi connectivity index (χ2v) is 12.5. The number of halogens is 4. The van der Waals surface area contributed by atoms with Gasteiger partial charge in [0.15, 0.2) is 5.65 Å². The number of anilines is 1. The normalized spacial score (nSPS) is 19.3. The van der Waals surface area contributed by atoms with Crippen molar-refractivity contribution in [2.75, 3.05) is 37.7 Å². The van der Waals surface area contributed by atoms with Gasteiger partial charge in [-0.3, -0.25) is 9.69 Å². The van der Waals surface area contributed by atoms with Crippen LogP contribution < -0.4 is 10.2 Å². The van der Waals surface area contributed by atoms with Crippen LogP contribution in [0.4, 0.5) is 28.2 Å². The van der Waals surface area contributed by atoms with Crippen molar-refractivity contribution in [1.82, 2.24) is 24.8 Å². The number of hydrogen-bond acceptors (Lipinski definition) is 7. The summed E-state index contributed by atoms with van der Waals surface area (Å²) in [6.45, 7) is 10.3. The lowest BCUT2D eigenvalue weighted by Gasteiger charge is -2.28. The minimum absolute atomic E-state index is 0.0567. The largest absolute Gasteiger partial charge is 0.444 e. The van der Waals surface area contributed by atoms with Gasteiger partial charge in [-0.25, -0.2) is 18.7 Å². The lowest BCUT2D eigenvalue weighted by molar-refractivity contribution is -0.138. The summed E-state index contributed by atoms with van der Waals surface area (Å²) in [4.78, 5) is 34.0. The van der Waals surface area contributed by atoms with Gasteiger partial charge in [0, 0.05) is 25.9 Å². The average molecular weight is 635 g/mol. The Labute approximate surface area is 258 Å². The zero-order valence-electron chi connectivity index (χ0n) is 26.0. The molecule has 45 heavy (non-hydrogen) atoms. The highest BCUT2D eigenvalue weighted by molar-refractivity contribution is 5.86. The zero-order chi connectivity index (χ0) is 32.7. The predicted molar refractivity (Wildman–Crippen MR) is 158 cm³/mol. The number of fused-ring (bicyclic) bond motifs is 1. The minimum atomic E-state index is -4.52. The number of ether oxygens (including phenoxy) is 2.